The van der Waals surface area contributed by atoms with E-state index in [1.165, 1.54) is 35.6 Å². The van der Waals surface area contributed by atoms with Gasteiger partial charge in [-0.05, 0) is 62.0 Å². The highest BCUT2D eigenvalue weighted by molar-refractivity contribution is 7.80. The molecule has 2 aromatic rings. The summed E-state index contributed by atoms with van der Waals surface area (Å²) in [7, 11) is 0. The van der Waals surface area contributed by atoms with Gasteiger partial charge >= 0.3 is 5.97 Å². The first-order valence-electron chi connectivity index (χ1n) is 7.06. The number of amides is 1. The first-order valence-corrected chi connectivity index (χ1v) is 8.28. The molecule has 5 nitrogen and oxygen atoms in total. The minimum atomic E-state index is -0.452. The Bertz CT molecular complexity index is 772. The Hall–Kier alpha value is -2.32. The zero-order valence-electron chi connectivity index (χ0n) is 13.0. The van der Waals surface area contributed by atoms with Crippen molar-refractivity contribution in [1.82, 2.24) is 5.32 Å². The van der Waals surface area contributed by atoms with Gasteiger partial charge in [0.25, 0.3) is 5.91 Å². The summed E-state index contributed by atoms with van der Waals surface area (Å²) in [5, 5.41) is 6.04. The van der Waals surface area contributed by atoms with Gasteiger partial charge in [-0.15, -0.1) is 11.3 Å². The molecule has 8 heteroatoms. The van der Waals surface area contributed by atoms with Crippen molar-refractivity contribution < 1.29 is 18.7 Å². The van der Waals surface area contributed by atoms with Gasteiger partial charge in [0, 0.05) is 5.56 Å². The number of carbonyl (C=O) groups excluding carboxylic acids is 2. The van der Waals surface area contributed by atoms with E-state index in [4.69, 9.17) is 17.0 Å². The quantitative estimate of drug-likeness (QED) is 0.640. The van der Waals surface area contributed by atoms with E-state index in [1.807, 2.05) is 0 Å². The average molecular weight is 366 g/mol. The number of rotatable bonds is 4. The molecule has 2 N–H and O–H groups in total. The normalized spacial score (nSPS) is 10.1. The molecular weight excluding hydrogens is 351 g/mol. The number of halogens is 1. The number of ether oxygens (including phenoxy) is 1. The van der Waals surface area contributed by atoms with E-state index in [1.54, 1.807) is 19.9 Å². The third-order valence-corrected chi connectivity index (χ3v) is 4.29. The first-order chi connectivity index (χ1) is 11.4. The maximum absolute atomic E-state index is 12.9. The molecule has 0 aliphatic heterocycles. The van der Waals surface area contributed by atoms with Crippen LogP contribution in [-0.2, 0) is 4.74 Å². The van der Waals surface area contributed by atoms with Gasteiger partial charge in [0.15, 0.2) is 5.11 Å². The van der Waals surface area contributed by atoms with Crippen LogP contribution in [0.3, 0.4) is 0 Å². The monoisotopic (exact) mass is 366 g/mol. The molecule has 1 aromatic carbocycles. The Morgan fingerprint density at radius 2 is 1.96 bits per heavy atom. The van der Waals surface area contributed by atoms with Crippen molar-refractivity contribution in [3.8, 4) is 0 Å². The lowest BCUT2D eigenvalue weighted by Crippen LogP contribution is -2.33. The lowest BCUT2D eigenvalue weighted by Gasteiger charge is -2.07. The standard InChI is InChI=1S/C16H15FN2O3S2/c1-3-22-15(21)13-9(2)8-12(24-13)18-16(23)19-14(20)10-4-6-11(17)7-5-10/h4-8H,3H2,1-2H3,(H2,18,19,20,23). The lowest BCUT2D eigenvalue weighted by atomic mass is 10.2. The number of carbonyl (C=O) groups is 2. The third kappa shape index (κ3) is 4.59. The van der Waals surface area contributed by atoms with Crippen LogP contribution in [0.1, 0.15) is 32.5 Å². The summed E-state index contributed by atoms with van der Waals surface area (Å²) in [5.74, 6) is -1.27. The molecule has 0 spiro atoms. The smallest absolute Gasteiger partial charge is 0.348 e. The van der Waals surface area contributed by atoms with Crippen molar-refractivity contribution in [1.29, 1.82) is 0 Å². The van der Waals surface area contributed by atoms with Gasteiger partial charge in [-0.2, -0.15) is 0 Å². The van der Waals surface area contributed by atoms with E-state index >= 15 is 0 Å². The molecule has 126 valence electrons. The zero-order chi connectivity index (χ0) is 17.7. The van der Waals surface area contributed by atoms with Crippen LogP contribution < -0.4 is 10.6 Å². The largest absolute Gasteiger partial charge is 0.462 e. The molecule has 0 aliphatic rings. The second kappa shape index (κ2) is 7.98. The minimum Gasteiger partial charge on any atom is -0.462 e. The van der Waals surface area contributed by atoms with Gasteiger partial charge in [0.05, 0.1) is 11.6 Å². The molecule has 0 fully saturated rings. The summed E-state index contributed by atoms with van der Waals surface area (Å²) in [5.41, 5.74) is 1.05. The van der Waals surface area contributed by atoms with Gasteiger partial charge in [-0.1, -0.05) is 0 Å². The van der Waals surface area contributed by atoms with Crippen molar-refractivity contribution in [2.24, 2.45) is 0 Å². The van der Waals surface area contributed by atoms with E-state index in [2.05, 4.69) is 10.6 Å². The summed E-state index contributed by atoms with van der Waals surface area (Å²) in [6.45, 7) is 3.82. The highest BCUT2D eigenvalue weighted by Gasteiger charge is 2.16. The van der Waals surface area contributed by atoms with Crippen LogP contribution in [0.25, 0.3) is 0 Å². The van der Waals surface area contributed by atoms with E-state index in [-0.39, 0.29) is 10.7 Å². The van der Waals surface area contributed by atoms with Crippen LogP contribution >= 0.6 is 23.6 Å². The molecule has 0 aliphatic carbocycles. The topological polar surface area (TPSA) is 67.4 Å². The number of esters is 1. The highest BCUT2D eigenvalue weighted by atomic mass is 32.1. The molecule has 1 aromatic heterocycles. The molecule has 2 rings (SSSR count). The minimum absolute atomic E-state index is 0.0842. The lowest BCUT2D eigenvalue weighted by molar-refractivity contribution is 0.0531. The number of anilines is 1. The summed E-state index contributed by atoms with van der Waals surface area (Å²) in [6, 6.07) is 6.86. The number of thiophene rings is 1. The van der Waals surface area contributed by atoms with Gasteiger partial charge in [-0.25, -0.2) is 9.18 Å². The highest BCUT2D eigenvalue weighted by Crippen LogP contribution is 2.27. The molecule has 0 saturated heterocycles. The summed E-state index contributed by atoms with van der Waals surface area (Å²) in [6.07, 6.45) is 0. The zero-order valence-corrected chi connectivity index (χ0v) is 14.6. The Morgan fingerprint density at radius 3 is 2.58 bits per heavy atom. The maximum Gasteiger partial charge on any atom is 0.348 e. The third-order valence-electron chi connectivity index (χ3n) is 2.95. The van der Waals surface area contributed by atoms with Crippen LogP contribution in [0.5, 0.6) is 0 Å². The van der Waals surface area contributed by atoms with Crippen LogP contribution in [0.15, 0.2) is 30.3 Å². The Morgan fingerprint density at radius 1 is 1.29 bits per heavy atom. The molecule has 0 radical (unpaired) electrons. The molecule has 0 bridgehead atoms. The molecule has 1 amide bonds. The van der Waals surface area contributed by atoms with E-state index in [0.29, 0.717) is 16.5 Å². The fourth-order valence-electron chi connectivity index (χ4n) is 1.86. The molecule has 0 unspecified atom stereocenters. The second-order valence-corrected chi connectivity index (χ2v) is 6.22. The average Bonchev–Trinajstić information content (AvgIpc) is 2.88. The molecule has 24 heavy (non-hydrogen) atoms. The Balaban J connectivity index is 1.99. The van der Waals surface area contributed by atoms with Gasteiger partial charge in [-0.3, -0.25) is 10.1 Å². The summed E-state index contributed by atoms with van der Waals surface area (Å²) in [4.78, 5) is 24.3. The summed E-state index contributed by atoms with van der Waals surface area (Å²) < 4.78 is 17.8. The summed E-state index contributed by atoms with van der Waals surface area (Å²) >= 11 is 6.27. The SMILES string of the molecule is CCOC(=O)c1sc(NC(=S)NC(=O)c2ccc(F)cc2)cc1C. The maximum atomic E-state index is 12.9. The first kappa shape index (κ1) is 18.0. The van der Waals surface area contributed by atoms with Crippen LogP contribution in [0, 0.1) is 12.7 Å². The predicted molar refractivity (Wildman–Crippen MR) is 95.1 cm³/mol. The van der Waals surface area contributed by atoms with Crippen LogP contribution in [-0.4, -0.2) is 23.6 Å². The number of hydrogen-bond donors (Lipinski definition) is 2. The fraction of sp³-hybridized carbons (Fsp3) is 0.188. The van der Waals surface area contributed by atoms with Gasteiger partial charge in [0.2, 0.25) is 0 Å². The number of nitrogens with one attached hydrogen (secondary N) is 2. The van der Waals surface area contributed by atoms with Crippen molar-refractivity contribution in [2.75, 3.05) is 11.9 Å². The molecule has 1 heterocycles. The Kier molecular flexibility index (Phi) is 5.99. The molecule has 0 saturated carbocycles. The fourth-order valence-corrected chi connectivity index (χ4v) is 3.10. The van der Waals surface area contributed by atoms with Gasteiger partial charge < -0.3 is 10.1 Å². The van der Waals surface area contributed by atoms with Crippen LogP contribution in [0.2, 0.25) is 0 Å². The number of thiocarbonyl (C=S) groups is 1. The van der Waals surface area contributed by atoms with Gasteiger partial charge in [0.1, 0.15) is 10.7 Å². The van der Waals surface area contributed by atoms with Crippen molar-refractivity contribution >= 4 is 45.5 Å². The van der Waals surface area contributed by atoms with Crippen LogP contribution in [0.4, 0.5) is 9.39 Å². The molecule has 0 atom stereocenters. The van der Waals surface area contributed by atoms with Crippen molar-refractivity contribution in [3.05, 3.63) is 52.2 Å². The second-order valence-electron chi connectivity index (χ2n) is 4.76. The van der Waals surface area contributed by atoms with Crippen molar-refractivity contribution in [2.45, 2.75) is 13.8 Å². The van der Waals surface area contributed by atoms with E-state index in [9.17, 15) is 14.0 Å². The number of benzene rings is 1. The molecular formula is C16H15FN2O3S2. The number of hydrogen-bond acceptors (Lipinski definition) is 5. The number of aryl methyl sites for hydroxylation is 1. The predicted octanol–water partition coefficient (Wildman–Crippen LogP) is 3.50. The van der Waals surface area contributed by atoms with Crippen molar-refractivity contribution in [3.63, 3.8) is 0 Å². The van der Waals surface area contributed by atoms with E-state index in [0.717, 1.165) is 5.56 Å². The Labute approximate surface area is 147 Å². The van der Waals surface area contributed by atoms with E-state index < -0.39 is 17.7 Å².